The fourth-order valence-corrected chi connectivity index (χ4v) is 1.46. The van der Waals surface area contributed by atoms with E-state index in [1.54, 1.807) is 6.20 Å². The van der Waals surface area contributed by atoms with E-state index in [2.05, 4.69) is 4.98 Å². The Morgan fingerprint density at radius 3 is 2.29 bits per heavy atom. The first-order valence-corrected chi connectivity index (χ1v) is 5.45. The summed E-state index contributed by atoms with van der Waals surface area (Å²) in [6.45, 7) is 6.04. The molecule has 0 bridgehead atoms. The van der Waals surface area contributed by atoms with Crippen LogP contribution in [0.15, 0.2) is 34.9 Å². The first-order chi connectivity index (χ1) is 7.94. The lowest BCUT2D eigenvalue weighted by Crippen LogP contribution is -2.22. The number of nitrogens with zero attached hydrogens (tertiary/aromatic N) is 1. The molecular weight excluding hydrogens is 216 g/mol. The molecule has 0 aliphatic carbocycles. The molecule has 0 unspecified atom stereocenters. The molecule has 90 valence electrons. The van der Waals surface area contributed by atoms with Gasteiger partial charge in [-0.1, -0.05) is 0 Å². The van der Waals surface area contributed by atoms with Crippen molar-refractivity contribution in [3.8, 4) is 17.1 Å². The average molecular weight is 232 g/mol. The minimum Gasteiger partial charge on any atom is -0.488 e. The van der Waals surface area contributed by atoms with E-state index >= 15 is 0 Å². The Balaban J connectivity index is 2.19. The van der Waals surface area contributed by atoms with Crippen molar-refractivity contribution < 1.29 is 9.15 Å². The van der Waals surface area contributed by atoms with Crippen LogP contribution in [0.25, 0.3) is 11.3 Å². The van der Waals surface area contributed by atoms with Crippen molar-refractivity contribution in [1.82, 2.24) is 4.98 Å². The van der Waals surface area contributed by atoms with Gasteiger partial charge in [0, 0.05) is 5.56 Å². The molecule has 2 N–H and O–H groups in total. The van der Waals surface area contributed by atoms with Gasteiger partial charge in [0.25, 0.3) is 6.01 Å². The SMILES string of the molecule is CC(C)(C)Oc1ccc(-c2cnc(N)o2)cc1. The third-order valence-corrected chi connectivity index (χ3v) is 2.09. The lowest BCUT2D eigenvalue weighted by atomic mass is 10.1. The van der Waals surface area contributed by atoms with E-state index in [1.807, 2.05) is 45.0 Å². The van der Waals surface area contributed by atoms with E-state index in [1.165, 1.54) is 0 Å². The van der Waals surface area contributed by atoms with E-state index in [0.717, 1.165) is 11.3 Å². The van der Waals surface area contributed by atoms with Crippen molar-refractivity contribution in [2.24, 2.45) is 0 Å². The Labute approximate surface area is 100 Å². The number of anilines is 1. The number of nitrogen functional groups attached to an aromatic ring is 1. The summed E-state index contributed by atoms with van der Waals surface area (Å²) in [4.78, 5) is 3.85. The Bertz CT molecular complexity index is 495. The fraction of sp³-hybridized carbons (Fsp3) is 0.308. The summed E-state index contributed by atoms with van der Waals surface area (Å²) in [5.74, 6) is 1.48. The van der Waals surface area contributed by atoms with Gasteiger partial charge in [-0.05, 0) is 45.0 Å². The molecule has 2 aromatic rings. The van der Waals surface area contributed by atoms with Crippen LogP contribution in [0.4, 0.5) is 6.01 Å². The van der Waals surface area contributed by atoms with Crippen LogP contribution in [0.2, 0.25) is 0 Å². The van der Waals surface area contributed by atoms with Crippen LogP contribution in [-0.2, 0) is 0 Å². The molecule has 2 rings (SSSR count). The van der Waals surface area contributed by atoms with Gasteiger partial charge >= 0.3 is 0 Å². The minimum absolute atomic E-state index is 0.176. The Morgan fingerprint density at radius 1 is 1.18 bits per heavy atom. The summed E-state index contributed by atoms with van der Waals surface area (Å²) < 4.78 is 11.0. The van der Waals surface area contributed by atoms with Gasteiger partial charge < -0.3 is 14.9 Å². The predicted octanol–water partition coefficient (Wildman–Crippen LogP) is 3.10. The van der Waals surface area contributed by atoms with Gasteiger partial charge in [0.05, 0.1) is 6.20 Å². The Morgan fingerprint density at radius 2 is 1.82 bits per heavy atom. The van der Waals surface area contributed by atoms with E-state index in [-0.39, 0.29) is 11.6 Å². The van der Waals surface area contributed by atoms with Crippen LogP contribution in [0.1, 0.15) is 20.8 Å². The summed E-state index contributed by atoms with van der Waals surface area (Å²) in [7, 11) is 0. The Kier molecular flexibility index (Phi) is 2.79. The highest BCUT2D eigenvalue weighted by Gasteiger charge is 2.12. The molecule has 0 spiro atoms. The quantitative estimate of drug-likeness (QED) is 0.864. The topological polar surface area (TPSA) is 61.3 Å². The van der Waals surface area contributed by atoms with Gasteiger partial charge in [-0.2, -0.15) is 0 Å². The van der Waals surface area contributed by atoms with E-state index in [4.69, 9.17) is 14.9 Å². The van der Waals surface area contributed by atoms with Gasteiger partial charge in [-0.15, -0.1) is 0 Å². The summed E-state index contributed by atoms with van der Waals surface area (Å²) in [5, 5.41) is 0. The first kappa shape index (κ1) is 11.5. The smallest absolute Gasteiger partial charge is 0.292 e. The number of hydrogen-bond donors (Lipinski definition) is 1. The third-order valence-electron chi connectivity index (χ3n) is 2.09. The average Bonchev–Trinajstić information content (AvgIpc) is 2.63. The van der Waals surface area contributed by atoms with E-state index < -0.39 is 0 Å². The van der Waals surface area contributed by atoms with Crippen LogP contribution >= 0.6 is 0 Å². The van der Waals surface area contributed by atoms with Crippen LogP contribution in [0.5, 0.6) is 5.75 Å². The highest BCUT2D eigenvalue weighted by atomic mass is 16.5. The fourth-order valence-electron chi connectivity index (χ4n) is 1.46. The van der Waals surface area contributed by atoms with Crippen molar-refractivity contribution in [3.63, 3.8) is 0 Å². The Hall–Kier alpha value is -1.97. The summed E-state index contributed by atoms with van der Waals surface area (Å²) in [6, 6.07) is 7.82. The van der Waals surface area contributed by atoms with Crippen molar-refractivity contribution >= 4 is 6.01 Å². The maximum Gasteiger partial charge on any atom is 0.292 e. The van der Waals surface area contributed by atoms with Crippen LogP contribution in [0.3, 0.4) is 0 Å². The van der Waals surface area contributed by atoms with Crippen molar-refractivity contribution in [1.29, 1.82) is 0 Å². The molecule has 1 aromatic heterocycles. The van der Waals surface area contributed by atoms with E-state index in [0.29, 0.717) is 5.76 Å². The number of ether oxygens (including phenoxy) is 1. The second-order valence-electron chi connectivity index (χ2n) is 4.80. The molecule has 4 heteroatoms. The van der Waals surface area contributed by atoms with Gasteiger partial charge in [-0.25, -0.2) is 4.98 Å². The number of hydrogen-bond acceptors (Lipinski definition) is 4. The van der Waals surface area contributed by atoms with Gasteiger partial charge in [0.1, 0.15) is 11.4 Å². The van der Waals surface area contributed by atoms with Gasteiger partial charge in [-0.3, -0.25) is 0 Å². The molecule has 0 saturated carbocycles. The molecule has 0 aliphatic heterocycles. The summed E-state index contributed by atoms with van der Waals surface area (Å²) >= 11 is 0. The molecule has 1 aromatic carbocycles. The molecule has 0 amide bonds. The van der Waals surface area contributed by atoms with Crippen LogP contribution in [-0.4, -0.2) is 10.6 Å². The molecule has 0 radical (unpaired) electrons. The lowest BCUT2D eigenvalue weighted by Gasteiger charge is -2.21. The molecule has 17 heavy (non-hydrogen) atoms. The monoisotopic (exact) mass is 232 g/mol. The third kappa shape index (κ3) is 3.00. The number of aromatic nitrogens is 1. The van der Waals surface area contributed by atoms with E-state index in [9.17, 15) is 0 Å². The van der Waals surface area contributed by atoms with Gasteiger partial charge in [0.15, 0.2) is 5.76 Å². The van der Waals surface area contributed by atoms with Crippen LogP contribution < -0.4 is 10.5 Å². The lowest BCUT2D eigenvalue weighted by molar-refractivity contribution is 0.131. The zero-order valence-electron chi connectivity index (χ0n) is 10.2. The number of nitrogens with two attached hydrogens (primary N) is 1. The minimum atomic E-state index is -0.196. The standard InChI is InChI=1S/C13H16N2O2/c1-13(2,3)17-10-6-4-9(5-7-10)11-8-15-12(14)16-11/h4-8H,1-3H3,(H2,14,15). The zero-order valence-corrected chi connectivity index (χ0v) is 10.2. The zero-order chi connectivity index (χ0) is 12.5. The number of oxazole rings is 1. The molecule has 1 heterocycles. The molecular formula is C13H16N2O2. The normalized spacial score (nSPS) is 11.5. The molecule has 4 nitrogen and oxygen atoms in total. The highest BCUT2D eigenvalue weighted by molar-refractivity contribution is 5.58. The molecule has 0 aliphatic rings. The second kappa shape index (κ2) is 4.13. The highest BCUT2D eigenvalue weighted by Crippen LogP contribution is 2.25. The second-order valence-corrected chi connectivity index (χ2v) is 4.80. The molecule has 0 fully saturated rings. The van der Waals surface area contributed by atoms with Crippen molar-refractivity contribution in [2.45, 2.75) is 26.4 Å². The first-order valence-electron chi connectivity index (χ1n) is 5.45. The van der Waals surface area contributed by atoms with Crippen LogP contribution in [0, 0.1) is 0 Å². The summed E-state index contributed by atoms with van der Waals surface area (Å²) in [5.41, 5.74) is 6.16. The molecule has 0 atom stereocenters. The van der Waals surface area contributed by atoms with Crippen molar-refractivity contribution in [2.75, 3.05) is 5.73 Å². The predicted molar refractivity (Wildman–Crippen MR) is 66.7 cm³/mol. The maximum absolute atomic E-state index is 5.73. The van der Waals surface area contributed by atoms with Crippen molar-refractivity contribution in [3.05, 3.63) is 30.5 Å². The number of rotatable bonds is 2. The molecule has 0 saturated heterocycles. The summed E-state index contributed by atoms with van der Waals surface area (Å²) in [6.07, 6.45) is 1.61. The largest absolute Gasteiger partial charge is 0.488 e. The maximum atomic E-state index is 5.73. The number of benzene rings is 1. The van der Waals surface area contributed by atoms with Gasteiger partial charge in [0.2, 0.25) is 0 Å².